The molecule has 0 radical (unpaired) electrons. The van der Waals surface area contributed by atoms with Gasteiger partial charge in [0.15, 0.2) is 5.78 Å². The van der Waals surface area contributed by atoms with Crippen LogP contribution in [0.2, 0.25) is 0 Å². The van der Waals surface area contributed by atoms with Gasteiger partial charge in [-0.05, 0) is 47.9 Å². The summed E-state index contributed by atoms with van der Waals surface area (Å²) < 4.78 is 11.3. The molecule has 2 aromatic rings. The molecular weight excluding hydrogens is 276 g/mol. The van der Waals surface area contributed by atoms with Crippen LogP contribution in [0.15, 0.2) is 60.7 Å². The molecule has 0 N–H and O–H groups in total. The first-order valence-electron chi connectivity index (χ1n) is 7.46. The van der Waals surface area contributed by atoms with Gasteiger partial charge in [-0.2, -0.15) is 0 Å². The second-order valence-electron chi connectivity index (χ2n) is 5.17. The Kier molecular flexibility index (Phi) is 4.54. The smallest absolute Gasteiger partial charge is 0.156 e. The van der Waals surface area contributed by atoms with E-state index in [1.165, 1.54) is 0 Å². The number of benzene rings is 2. The first kappa shape index (κ1) is 14.4. The van der Waals surface area contributed by atoms with E-state index in [1.54, 1.807) is 6.08 Å². The average Bonchev–Trinajstić information content (AvgIpc) is 3.00. The summed E-state index contributed by atoms with van der Waals surface area (Å²) in [4.78, 5) is 11.3. The molecule has 0 spiro atoms. The Labute approximate surface area is 130 Å². The number of hydrogen-bond acceptors (Lipinski definition) is 3. The zero-order valence-electron chi connectivity index (χ0n) is 12.3. The highest BCUT2D eigenvalue weighted by atomic mass is 16.5. The minimum atomic E-state index is 0.206. The van der Waals surface area contributed by atoms with Crippen molar-refractivity contribution in [3.63, 3.8) is 0 Å². The normalized spacial score (nSPS) is 13.8. The van der Waals surface area contributed by atoms with Crippen LogP contribution in [-0.2, 0) is 4.79 Å². The summed E-state index contributed by atoms with van der Waals surface area (Å²) in [5, 5.41) is 0. The summed E-state index contributed by atoms with van der Waals surface area (Å²) in [5.74, 6) is 1.85. The van der Waals surface area contributed by atoms with E-state index in [-0.39, 0.29) is 5.78 Å². The SMILES string of the molecule is O=C1C=C(c2cccc(OCCOc3ccccc3)c2)CC1. The first-order valence-corrected chi connectivity index (χ1v) is 7.46. The van der Waals surface area contributed by atoms with Crippen LogP contribution >= 0.6 is 0 Å². The fourth-order valence-corrected chi connectivity index (χ4v) is 2.45. The van der Waals surface area contributed by atoms with Crippen LogP contribution in [0.3, 0.4) is 0 Å². The van der Waals surface area contributed by atoms with Crippen molar-refractivity contribution in [2.45, 2.75) is 12.8 Å². The highest BCUT2D eigenvalue weighted by Gasteiger charge is 2.13. The maximum absolute atomic E-state index is 11.3. The highest BCUT2D eigenvalue weighted by molar-refractivity contribution is 6.01. The molecule has 0 amide bonds. The van der Waals surface area contributed by atoms with E-state index in [9.17, 15) is 4.79 Å². The second kappa shape index (κ2) is 6.94. The van der Waals surface area contributed by atoms with Crippen molar-refractivity contribution in [1.82, 2.24) is 0 Å². The van der Waals surface area contributed by atoms with Gasteiger partial charge in [-0.1, -0.05) is 30.3 Å². The Hall–Kier alpha value is -2.55. The molecule has 0 heterocycles. The van der Waals surface area contributed by atoms with Crippen LogP contribution in [0.25, 0.3) is 5.57 Å². The fourth-order valence-electron chi connectivity index (χ4n) is 2.45. The van der Waals surface area contributed by atoms with Gasteiger partial charge in [0, 0.05) is 6.42 Å². The number of hydrogen-bond donors (Lipinski definition) is 0. The quantitative estimate of drug-likeness (QED) is 0.758. The molecule has 1 aliphatic rings. The predicted octanol–water partition coefficient (Wildman–Crippen LogP) is 3.89. The monoisotopic (exact) mass is 294 g/mol. The number of para-hydroxylation sites is 1. The van der Waals surface area contributed by atoms with Gasteiger partial charge in [-0.3, -0.25) is 4.79 Å². The zero-order valence-corrected chi connectivity index (χ0v) is 12.3. The topological polar surface area (TPSA) is 35.5 Å². The molecule has 0 fully saturated rings. The van der Waals surface area contributed by atoms with Crippen LogP contribution in [0.4, 0.5) is 0 Å². The van der Waals surface area contributed by atoms with Gasteiger partial charge in [0.1, 0.15) is 24.7 Å². The van der Waals surface area contributed by atoms with Crippen LogP contribution in [-0.4, -0.2) is 19.0 Å². The second-order valence-corrected chi connectivity index (χ2v) is 5.17. The lowest BCUT2D eigenvalue weighted by atomic mass is 10.1. The van der Waals surface area contributed by atoms with Gasteiger partial charge in [-0.25, -0.2) is 0 Å². The fraction of sp³-hybridized carbons (Fsp3) is 0.211. The van der Waals surface area contributed by atoms with Crippen molar-refractivity contribution >= 4 is 11.4 Å². The average molecular weight is 294 g/mol. The molecule has 3 nitrogen and oxygen atoms in total. The zero-order chi connectivity index (χ0) is 15.2. The molecule has 1 aliphatic carbocycles. The largest absolute Gasteiger partial charge is 0.490 e. The molecule has 0 bridgehead atoms. The summed E-state index contributed by atoms with van der Waals surface area (Å²) in [6.45, 7) is 0.978. The van der Waals surface area contributed by atoms with Gasteiger partial charge in [0.2, 0.25) is 0 Å². The molecule has 0 saturated heterocycles. The predicted molar refractivity (Wildman–Crippen MR) is 86.1 cm³/mol. The summed E-state index contributed by atoms with van der Waals surface area (Å²) in [5.41, 5.74) is 2.16. The number of allylic oxidation sites excluding steroid dienone is 2. The molecule has 2 aromatic carbocycles. The summed E-state index contributed by atoms with van der Waals surface area (Å²) >= 11 is 0. The molecule has 0 aliphatic heterocycles. The van der Waals surface area contributed by atoms with E-state index in [2.05, 4.69) is 0 Å². The standard InChI is InChI=1S/C19H18O3/c20-17-10-9-16(13-17)15-5-4-8-19(14-15)22-12-11-21-18-6-2-1-3-7-18/h1-8,13-14H,9-12H2. The van der Waals surface area contributed by atoms with Crippen molar-refractivity contribution in [2.24, 2.45) is 0 Å². The Bertz CT molecular complexity index is 674. The minimum Gasteiger partial charge on any atom is -0.490 e. The van der Waals surface area contributed by atoms with Crippen LogP contribution in [0, 0.1) is 0 Å². The Morgan fingerprint density at radius 3 is 2.27 bits per heavy atom. The Morgan fingerprint density at radius 2 is 1.55 bits per heavy atom. The van der Waals surface area contributed by atoms with Crippen LogP contribution in [0.5, 0.6) is 11.5 Å². The minimum absolute atomic E-state index is 0.206. The third-order valence-corrected chi connectivity index (χ3v) is 3.54. The summed E-state index contributed by atoms with van der Waals surface area (Å²) in [6, 6.07) is 17.5. The van der Waals surface area contributed by atoms with Crippen molar-refractivity contribution in [1.29, 1.82) is 0 Å². The van der Waals surface area contributed by atoms with Crippen LogP contribution in [0.1, 0.15) is 18.4 Å². The van der Waals surface area contributed by atoms with E-state index >= 15 is 0 Å². The molecule has 112 valence electrons. The van der Waals surface area contributed by atoms with Gasteiger partial charge in [-0.15, -0.1) is 0 Å². The number of carbonyl (C=O) groups excluding carboxylic acids is 1. The van der Waals surface area contributed by atoms with E-state index in [1.807, 2.05) is 54.6 Å². The molecule has 0 saturated carbocycles. The molecule has 3 rings (SSSR count). The van der Waals surface area contributed by atoms with Gasteiger partial charge in [0.25, 0.3) is 0 Å². The number of ketones is 1. The van der Waals surface area contributed by atoms with E-state index in [4.69, 9.17) is 9.47 Å². The molecular formula is C19H18O3. The molecule has 3 heteroatoms. The van der Waals surface area contributed by atoms with E-state index in [0.717, 1.165) is 29.1 Å². The number of carbonyl (C=O) groups is 1. The Balaban J connectivity index is 1.53. The lowest BCUT2D eigenvalue weighted by molar-refractivity contribution is -0.114. The van der Waals surface area contributed by atoms with Crippen LogP contribution < -0.4 is 9.47 Å². The maximum Gasteiger partial charge on any atom is 0.156 e. The third kappa shape index (κ3) is 3.76. The van der Waals surface area contributed by atoms with Crippen molar-refractivity contribution in [3.8, 4) is 11.5 Å². The van der Waals surface area contributed by atoms with Gasteiger partial charge in [0.05, 0.1) is 0 Å². The number of rotatable bonds is 6. The van der Waals surface area contributed by atoms with E-state index < -0.39 is 0 Å². The molecule has 0 unspecified atom stereocenters. The highest BCUT2D eigenvalue weighted by Crippen LogP contribution is 2.28. The van der Waals surface area contributed by atoms with Crippen molar-refractivity contribution in [3.05, 3.63) is 66.2 Å². The van der Waals surface area contributed by atoms with Gasteiger partial charge < -0.3 is 9.47 Å². The lowest BCUT2D eigenvalue weighted by Gasteiger charge is -2.10. The summed E-state index contributed by atoms with van der Waals surface area (Å²) in [6.07, 6.45) is 3.17. The Morgan fingerprint density at radius 1 is 0.818 bits per heavy atom. The maximum atomic E-state index is 11.3. The van der Waals surface area contributed by atoms with Crippen molar-refractivity contribution < 1.29 is 14.3 Å². The first-order chi connectivity index (χ1) is 10.8. The lowest BCUT2D eigenvalue weighted by Crippen LogP contribution is -2.08. The van der Waals surface area contributed by atoms with Gasteiger partial charge >= 0.3 is 0 Å². The molecule has 0 aromatic heterocycles. The molecule has 22 heavy (non-hydrogen) atoms. The number of ether oxygens (including phenoxy) is 2. The van der Waals surface area contributed by atoms with Crippen molar-refractivity contribution in [2.75, 3.05) is 13.2 Å². The summed E-state index contributed by atoms with van der Waals surface area (Å²) in [7, 11) is 0. The third-order valence-electron chi connectivity index (χ3n) is 3.54. The van der Waals surface area contributed by atoms with E-state index in [0.29, 0.717) is 19.6 Å². The molecule has 0 atom stereocenters.